The fourth-order valence-corrected chi connectivity index (χ4v) is 2.86. The van der Waals surface area contributed by atoms with Gasteiger partial charge in [-0.25, -0.2) is 0 Å². The number of hydrogen-bond acceptors (Lipinski definition) is 3. The zero-order valence-corrected chi connectivity index (χ0v) is 11.6. The first kappa shape index (κ1) is 12.9. The van der Waals surface area contributed by atoms with Gasteiger partial charge in [0.05, 0.1) is 7.11 Å². The number of aliphatic hydroxyl groups is 1. The van der Waals surface area contributed by atoms with Gasteiger partial charge < -0.3 is 15.2 Å². The summed E-state index contributed by atoms with van der Waals surface area (Å²) in [6.45, 7) is 1.33. The van der Waals surface area contributed by atoms with Crippen molar-refractivity contribution in [3.05, 3.63) is 29.8 Å². The van der Waals surface area contributed by atoms with E-state index in [2.05, 4.69) is 17.4 Å². The van der Waals surface area contributed by atoms with E-state index in [1.54, 1.807) is 7.11 Å². The molecule has 1 aromatic rings. The number of methoxy groups -OCH3 is 1. The molecule has 1 aromatic carbocycles. The van der Waals surface area contributed by atoms with Crippen LogP contribution in [0.2, 0.25) is 0 Å². The van der Waals surface area contributed by atoms with Gasteiger partial charge in [0.1, 0.15) is 5.75 Å². The lowest BCUT2D eigenvalue weighted by atomic mass is 9.75. The Bertz CT molecular complexity index is 419. The molecule has 0 spiro atoms. The average Bonchev–Trinajstić information content (AvgIpc) is 3.18. The van der Waals surface area contributed by atoms with Crippen molar-refractivity contribution in [1.29, 1.82) is 0 Å². The summed E-state index contributed by atoms with van der Waals surface area (Å²) in [4.78, 5) is 0. The highest BCUT2D eigenvalue weighted by Gasteiger charge is 2.42. The van der Waals surface area contributed by atoms with Crippen LogP contribution in [-0.2, 0) is 0 Å². The maximum atomic E-state index is 9.29. The maximum absolute atomic E-state index is 9.29. The van der Waals surface area contributed by atoms with Gasteiger partial charge in [-0.1, -0.05) is 12.1 Å². The first-order chi connectivity index (χ1) is 9.24. The fraction of sp³-hybridized carbons (Fsp3) is 0.625. The first-order valence-electron chi connectivity index (χ1n) is 7.23. The molecule has 2 fully saturated rings. The van der Waals surface area contributed by atoms with Gasteiger partial charge in [-0.3, -0.25) is 0 Å². The number of benzene rings is 1. The minimum Gasteiger partial charge on any atom is -0.497 e. The standard InChI is InChI=1S/C16H23NO2/c1-19-15-4-2-12(3-5-15)13-8-14(9-13)17-10-16(11-18)6-7-16/h2-5,13-14,17-18H,6-11H2,1H3. The van der Waals surface area contributed by atoms with E-state index in [0.29, 0.717) is 18.6 Å². The van der Waals surface area contributed by atoms with Gasteiger partial charge in [-0.05, 0) is 49.3 Å². The molecule has 0 bridgehead atoms. The van der Waals surface area contributed by atoms with Crippen LogP contribution >= 0.6 is 0 Å². The molecule has 3 rings (SSSR count). The third-order valence-corrected chi connectivity index (χ3v) is 4.78. The van der Waals surface area contributed by atoms with E-state index in [1.165, 1.54) is 31.2 Å². The van der Waals surface area contributed by atoms with Gasteiger partial charge in [0.15, 0.2) is 0 Å². The Morgan fingerprint density at radius 2 is 1.95 bits per heavy atom. The van der Waals surface area contributed by atoms with E-state index in [-0.39, 0.29) is 5.41 Å². The van der Waals surface area contributed by atoms with E-state index in [4.69, 9.17) is 4.74 Å². The molecule has 0 atom stereocenters. The number of rotatable bonds is 6. The second kappa shape index (κ2) is 5.14. The second-order valence-corrected chi connectivity index (χ2v) is 6.18. The number of aliphatic hydroxyl groups excluding tert-OH is 1. The highest BCUT2D eigenvalue weighted by Crippen LogP contribution is 2.45. The van der Waals surface area contributed by atoms with Gasteiger partial charge in [-0.2, -0.15) is 0 Å². The van der Waals surface area contributed by atoms with Crippen molar-refractivity contribution in [2.24, 2.45) is 5.41 Å². The van der Waals surface area contributed by atoms with Gasteiger partial charge in [0.25, 0.3) is 0 Å². The topological polar surface area (TPSA) is 41.5 Å². The molecular weight excluding hydrogens is 238 g/mol. The fourth-order valence-electron chi connectivity index (χ4n) is 2.86. The Balaban J connectivity index is 1.44. The van der Waals surface area contributed by atoms with E-state index in [9.17, 15) is 5.11 Å². The summed E-state index contributed by atoms with van der Waals surface area (Å²) in [5, 5.41) is 12.9. The Labute approximate surface area is 115 Å². The smallest absolute Gasteiger partial charge is 0.118 e. The summed E-state index contributed by atoms with van der Waals surface area (Å²) in [6.07, 6.45) is 4.80. The zero-order valence-electron chi connectivity index (χ0n) is 11.6. The SMILES string of the molecule is COc1ccc(C2CC(NCC3(CO)CC3)C2)cc1. The Hall–Kier alpha value is -1.06. The van der Waals surface area contributed by atoms with E-state index < -0.39 is 0 Å². The molecular formula is C16H23NO2. The monoisotopic (exact) mass is 261 g/mol. The second-order valence-electron chi connectivity index (χ2n) is 6.18. The molecule has 0 saturated heterocycles. The predicted octanol–water partition coefficient (Wildman–Crippen LogP) is 2.30. The van der Waals surface area contributed by atoms with Crippen LogP contribution in [0.5, 0.6) is 5.75 Å². The average molecular weight is 261 g/mol. The molecule has 0 aliphatic heterocycles. The molecule has 2 N–H and O–H groups in total. The normalized spacial score (nSPS) is 27.7. The molecule has 2 saturated carbocycles. The molecule has 3 nitrogen and oxygen atoms in total. The molecule has 0 amide bonds. The zero-order chi connectivity index (χ0) is 13.3. The summed E-state index contributed by atoms with van der Waals surface area (Å²) in [5.74, 6) is 1.61. The van der Waals surface area contributed by atoms with Crippen LogP contribution in [0.3, 0.4) is 0 Å². The highest BCUT2D eigenvalue weighted by atomic mass is 16.5. The van der Waals surface area contributed by atoms with Crippen LogP contribution in [-0.4, -0.2) is 31.4 Å². The molecule has 0 heterocycles. The number of nitrogens with one attached hydrogen (secondary N) is 1. The van der Waals surface area contributed by atoms with Crippen molar-refractivity contribution in [3.63, 3.8) is 0 Å². The molecule has 0 unspecified atom stereocenters. The lowest BCUT2D eigenvalue weighted by Crippen LogP contribution is -2.43. The van der Waals surface area contributed by atoms with Crippen molar-refractivity contribution >= 4 is 0 Å². The number of hydrogen-bond donors (Lipinski definition) is 2. The molecule has 0 aromatic heterocycles. The van der Waals surface area contributed by atoms with Crippen LogP contribution in [0.1, 0.15) is 37.2 Å². The van der Waals surface area contributed by atoms with Gasteiger partial charge in [0, 0.05) is 24.6 Å². The van der Waals surface area contributed by atoms with Crippen molar-refractivity contribution < 1.29 is 9.84 Å². The number of ether oxygens (including phenoxy) is 1. The lowest BCUT2D eigenvalue weighted by Gasteiger charge is -2.37. The molecule has 2 aliphatic rings. The Morgan fingerprint density at radius 1 is 1.26 bits per heavy atom. The molecule has 19 heavy (non-hydrogen) atoms. The van der Waals surface area contributed by atoms with Crippen molar-refractivity contribution in [2.45, 2.75) is 37.6 Å². The third-order valence-electron chi connectivity index (χ3n) is 4.78. The van der Waals surface area contributed by atoms with Gasteiger partial charge in [-0.15, -0.1) is 0 Å². The Kier molecular flexibility index (Phi) is 3.50. The quantitative estimate of drug-likeness (QED) is 0.825. The minimum atomic E-state index is 0.227. The summed E-state index contributed by atoms with van der Waals surface area (Å²) in [6, 6.07) is 9.07. The highest BCUT2D eigenvalue weighted by molar-refractivity contribution is 5.30. The maximum Gasteiger partial charge on any atom is 0.118 e. The Morgan fingerprint density at radius 3 is 2.47 bits per heavy atom. The summed E-state index contributed by atoms with van der Waals surface area (Å²) in [7, 11) is 1.70. The minimum absolute atomic E-state index is 0.227. The summed E-state index contributed by atoms with van der Waals surface area (Å²) in [5.41, 5.74) is 1.65. The third kappa shape index (κ3) is 2.77. The summed E-state index contributed by atoms with van der Waals surface area (Å²) < 4.78 is 5.18. The first-order valence-corrected chi connectivity index (χ1v) is 7.23. The van der Waals surface area contributed by atoms with Crippen LogP contribution in [0.15, 0.2) is 24.3 Å². The molecule has 0 radical (unpaired) electrons. The lowest BCUT2D eigenvalue weighted by molar-refractivity contribution is 0.190. The molecule has 104 valence electrons. The van der Waals surface area contributed by atoms with Crippen molar-refractivity contribution in [1.82, 2.24) is 5.32 Å². The van der Waals surface area contributed by atoms with Gasteiger partial charge >= 0.3 is 0 Å². The van der Waals surface area contributed by atoms with Gasteiger partial charge in [0.2, 0.25) is 0 Å². The molecule has 3 heteroatoms. The largest absolute Gasteiger partial charge is 0.497 e. The van der Waals surface area contributed by atoms with Crippen LogP contribution in [0.4, 0.5) is 0 Å². The molecule has 2 aliphatic carbocycles. The predicted molar refractivity (Wildman–Crippen MR) is 75.5 cm³/mol. The summed E-state index contributed by atoms with van der Waals surface area (Å²) >= 11 is 0. The van der Waals surface area contributed by atoms with Crippen LogP contribution < -0.4 is 10.1 Å². The van der Waals surface area contributed by atoms with Crippen LogP contribution in [0.25, 0.3) is 0 Å². The van der Waals surface area contributed by atoms with E-state index in [0.717, 1.165) is 12.3 Å². The van der Waals surface area contributed by atoms with E-state index in [1.807, 2.05) is 12.1 Å². The van der Waals surface area contributed by atoms with Crippen molar-refractivity contribution in [3.8, 4) is 5.75 Å². The van der Waals surface area contributed by atoms with Crippen LogP contribution in [0, 0.1) is 5.41 Å². The van der Waals surface area contributed by atoms with Crippen molar-refractivity contribution in [2.75, 3.05) is 20.3 Å². The van der Waals surface area contributed by atoms with E-state index >= 15 is 0 Å².